The van der Waals surface area contributed by atoms with E-state index in [0.29, 0.717) is 33.7 Å². The molecule has 130 valence electrons. The molecule has 0 radical (unpaired) electrons. The topological polar surface area (TPSA) is 90.4 Å². The van der Waals surface area contributed by atoms with Crippen molar-refractivity contribution in [1.82, 2.24) is 10.5 Å². The second-order valence-electron chi connectivity index (χ2n) is 5.49. The molecule has 0 aliphatic heterocycles. The van der Waals surface area contributed by atoms with Crippen LogP contribution in [0.3, 0.4) is 0 Å². The average Bonchev–Trinajstić information content (AvgIpc) is 3.04. The van der Waals surface area contributed by atoms with Crippen molar-refractivity contribution in [1.29, 1.82) is 0 Å². The molecule has 6 nitrogen and oxygen atoms in total. The Balaban J connectivity index is 2.07. The first-order chi connectivity index (χ1) is 11.5. The predicted molar refractivity (Wildman–Crippen MR) is 93.4 cm³/mol. The monoisotopic (exact) mass is 351 g/mol. The van der Waals surface area contributed by atoms with Crippen LogP contribution in [0.5, 0.6) is 5.75 Å². The molecule has 0 aliphatic carbocycles. The fraction of sp³-hybridized carbons (Fsp3) is 0.412. The van der Waals surface area contributed by atoms with Crippen molar-refractivity contribution < 1.29 is 14.1 Å². The van der Waals surface area contributed by atoms with Gasteiger partial charge in [-0.05, 0) is 18.9 Å². The van der Waals surface area contributed by atoms with Gasteiger partial charge in [-0.25, -0.2) is 0 Å². The molecular formula is C17H22ClN3O3. The number of nitrogens with two attached hydrogens (primary N) is 1. The Morgan fingerprint density at radius 3 is 2.71 bits per heavy atom. The van der Waals surface area contributed by atoms with Crippen molar-refractivity contribution >= 4 is 23.2 Å². The molecule has 2 rings (SSSR count). The molecule has 0 atom stereocenters. The highest BCUT2D eigenvalue weighted by Crippen LogP contribution is 2.29. The summed E-state index contributed by atoms with van der Waals surface area (Å²) in [5.41, 5.74) is 7.31. The zero-order valence-electron chi connectivity index (χ0n) is 14.1. The molecule has 3 N–H and O–H groups in total. The van der Waals surface area contributed by atoms with Crippen molar-refractivity contribution in [2.24, 2.45) is 0 Å². The molecule has 1 heterocycles. The van der Waals surface area contributed by atoms with Gasteiger partial charge < -0.3 is 20.3 Å². The number of anilines is 1. The van der Waals surface area contributed by atoms with E-state index in [4.69, 9.17) is 26.6 Å². The van der Waals surface area contributed by atoms with Crippen LogP contribution in [-0.2, 0) is 6.54 Å². The molecule has 24 heavy (non-hydrogen) atoms. The van der Waals surface area contributed by atoms with Crippen LogP contribution in [0.2, 0.25) is 5.02 Å². The number of amides is 1. The van der Waals surface area contributed by atoms with Gasteiger partial charge in [0.2, 0.25) is 0 Å². The number of nitrogens with one attached hydrogen (secondary N) is 1. The highest BCUT2D eigenvalue weighted by atomic mass is 35.5. The van der Waals surface area contributed by atoms with Crippen LogP contribution in [0.15, 0.2) is 22.7 Å². The van der Waals surface area contributed by atoms with E-state index in [9.17, 15) is 4.79 Å². The number of nitrogens with zero attached hydrogens (tertiary/aromatic N) is 1. The standard InChI is InChI=1S/C17H22ClN3O3/c1-4-10(5-2)15-6-11(24-21-15)9-20-17(22)12-7-13(18)14(19)8-16(12)23-3/h6-8,10H,4-5,9,19H2,1-3H3,(H,20,22). The highest BCUT2D eigenvalue weighted by Gasteiger charge is 2.17. The lowest BCUT2D eigenvalue weighted by atomic mass is 9.99. The number of carbonyl (C=O) groups is 1. The molecule has 1 aromatic heterocycles. The maximum absolute atomic E-state index is 12.4. The fourth-order valence-corrected chi connectivity index (χ4v) is 2.65. The molecule has 7 heteroatoms. The van der Waals surface area contributed by atoms with Crippen LogP contribution in [0, 0.1) is 0 Å². The largest absolute Gasteiger partial charge is 0.496 e. The minimum Gasteiger partial charge on any atom is -0.496 e. The number of methoxy groups -OCH3 is 1. The Hall–Kier alpha value is -2.21. The summed E-state index contributed by atoms with van der Waals surface area (Å²) in [6.07, 6.45) is 1.99. The second-order valence-corrected chi connectivity index (χ2v) is 5.90. The number of carbonyl (C=O) groups excluding carboxylic acids is 1. The Bertz CT molecular complexity index is 711. The molecule has 1 amide bonds. The Morgan fingerprint density at radius 1 is 1.38 bits per heavy atom. The quantitative estimate of drug-likeness (QED) is 0.741. The van der Waals surface area contributed by atoms with E-state index in [2.05, 4.69) is 24.3 Å². The number of hydrogen-bond acceptors (Lipinski definition) is 5. The highest BCUT2D eigenvalue weighted by molar-refractivity contribution is 6.33. The van der Waals surface area contributed by atoms with Gasteiger partial charge in [-0.2, -0.15) is 0 Å². The Kier molecular flexibility index (Phi) is 6.09. The van der Waals surface area contributed by atoms with E-state index >= 15 is 0 Å². The Labute approximate surface area is 146 Å². The third-order valence-corrected chi connectivity index (χ3v) is 4.29. The first kappa shape index (κ1) is 18.1. The lowest BCUT2D eigenvalue weighted by molar-refractivity contribution is 0.0944. The summed E-state index contributed by atoms with van der Waals surface area (Å²) in [6, 6.07) is 4.89. The molecule has 0 saturated heterocycles. The second kappa shape index (κ2) is 8.06. The molecular weight excluding hydrogens is 330 g/mol. The van der Waals surface area contributed by atoms with E-state index in [0.717, 1.165) is 18.5 Å². The van der Waals surface area contributed by atoms with Crippen LogP contribution >= 0.6 is 11.6 Å². The number of rotatable bonds is 7. The van der Waals surface area contributed by atoms with E-state index in [1.165, 1.54) is 19.2 Å². The lowest BCUT2D eigenvalue weighted by Gasteiger charge is -2.10. The number of hydrogen-bond donors (Lipinski definition) is 2. The van der Waals surface area contributed by atoms with Crippen molar-refractivity contribution in [3.8, 4) is 5.75 Å². The van der Waals surface area contributed by atoms with Crippen molar-refractivity contribution in [2.75, 3.05) is 12.8 Å². The van der Waals surface area contributed by atoms with Crippen molar-refractivity contribution in [3.05, 3.63) is 40.2 Å². The first-order valence-corrected chi connectivity index (χ1v) is 8.24. The summed E-state index contributed by atoms with van der Waals surface area (Å²) < 4.78 is 10.5. The average molecular weight is 352 g/mol. The summed E-state index contributed by atoms with van der Waals surface area (Å²) >= 11 is 5.99. The number of nitrogen functional groups attached to an aromatic ring is 1. The molecule has 0 fully saturated rings. The summed E-state index contributed by atoms with van der Waals surface area (Å²) in [6.45, 7) is 4.46. The zero-order valence-corrected chi connectivity index (χ0v) is 14.8. The van der Waals surface area contributed by atoms with Crippen LogP contribution in [0.4, 0.5) is 5.69 Å². The van der Waals surface area contributed by atoms with E-state index in [1.54, 1.807) is 0 Å². The van der Waals surface area contributed by atoms with Gasteiger partial charge in [-0.1, -0.05) is 30.6 Å². The summed E-state index contributed by atoms with van der Waals surface area (Å²) in [7, 11) is 1.47. The SMILES string of the molecule is CCC(CC)c1cc(CNC(=O)c2cc(Cl)c(N)cc2OC)on1. The van der Waals surface area contributed by atoms with Gasteiger partial charge in [0.1, 0.15) is 5.75 Å². The number of halogens is 1. The summed E-state index contributed by atoms with van der Waals surface area (Å²) in [5.74, 6) is 1.01. The van der Waals surface area contributed by atoms with Crippen molar-refractivity contribution in [2.45, 2.75) is 39.2 Å². The van der Waals surface area contributed by atoms with Crippen LogP contribution in [-0.4, -0.2) is 18.2 Å². The third-order valence-electron chi connectivity index (χ3n) is 3.97. The van der Waals surface area contributed by atoms with Gasteiger partial charge in [0.05, 0.1) is 35.6 Å². The maximum atomic E-state index is 12.4. The minimum atomic E-state index is -0.325. The fourth-order valence-electron chi connectivity index (χ4n) is 2.49. The smallest absolute Gasteiger partial charge is 0.255 e. The Morgan fingerprint density at radius 2 is 2.08 bits per heavy atom. The first-order valence-electron chi connectivity index (χ1n) is 7.86. The molecule has 1 aromatic carbocycles. The van der Waals surface area contributed by atoms with Crippen LogP contribution in [0.25, 0.3) is 0 Å². The molecule has 0 aliphatic rings. The van der Waals surface area contributed by atoms with Gasteiger partial charge in [0.25, 0.3) is 5.91 Å². The maximum Gasteiger partial charge on any atom is 0.255 e. The lowest BCUT2D eigenvalue weighted by Crippen LogP contribution is -2.23. The molecule has 0 saturated carbocycles. The van der Waals surface area contributed by atoms with E-state index in [-0.39, 0.29) is 12.5 Å². The number of aromatic nitrogens is 1. The summed E-state index contributed by atoms with van der Waals surface area (Å²) in [4.78, 5) is 12.4. The molecule has 0 bridgehead atoms. The molecule has 2 aromatic rings. The van der Waals surface area contributed by atoms with Gasteiger partial charge in [0, 0.05) is 18.1 Å². The molecule has 0 unspecified atom stereocenters. The third kappa shape index (κ3) is 4.00. The number of benzene rings is 1. The van der Waals surface area contributed by atoms with Crippen molar-refractivity contribution in [3.63, 3.8) is 0 Å². The van der Waals surface area contributed by atoms with Gasteiger partial charge >= 0.3 is 0 Å². The van der Waals surface area contributed by atoms with Gasteiger partial charge in [-0.3, -0.25) is 4.79 Å². The summed E-state index contributed by atoms with van der Waals surface area (Å²) in [5, 5.41) is 7.15. The van der Waals surface area contributed by atoms with Gasteiger partial charge in [-0.15, -0.1) is 0 Å². The van der Waals surface area contributed by atoms with E-state index < -0.39 is 0 Å². The minimum absolute atomic E-state index is 0.233. The predicted octanol–water partition coefficient (Wildman–Crippen LogP) is 3.75. The van der Waals surface area contributed by atoms with Crippen LogP contribution in [0.1, 0.15) is 54.4 Å². The van der Waals surface area contributed by atoms with Crippen LogP contribution < -0.4 is 15.8 Å². The zero-order chi connectivity index (χ0) is 17.7. The number of ether oxygens (including phenoxy) is 1. The van der Waals surface area contributed by atoms with Gasteiger partial charge in [0.15, 0.2) is 5.76 Å². The normalized spacial score (nSPS) is 10.9. The molecule has 0 spiro atoms. The van der Waals surface area contributed by atoms with E-state index in [1.807, 2.05) is 6.07 Å².